The maximum atomic E-state index is 11.0. The first kappa shape index (κ1) is 9.90. The highest BCUT2D eigenvalue weighted by Gasteiger charge is 2.20. The number of aryl methyl sites for hydroxylation is 1. The minimum absolute atomic E-state index is 0.00708. The van der Waals surface area contributed by atoms with Gasteiger partial charge in [-0.25, -0.2) is 0 Å². The van der Waals surface area contributed by atoms with Crippen LogP contribution in [0.15, 0.2) is 24.3 Å². The summed E-state index contributed by atoms with van der Waals surface area (Å²) in [6.07, 6.45) is 3.36. The van der Waals surface area contributed by atoms with Crippen LogP contribution in [0.25, 0.3) is 0 Å². The van der Waals surface area contributed by atoms with Gasteiger partial charge in [-0.15, -0.1) is 0 Å². The third-order valence-corrected chi connectivity index (χ3v) is 2.79. The molecule has 78 valence electrons. The van der Waals surface area contributed by atoms with Gasteiger partial charge in [0.05, 0.1) is 6.04 Å². The van der Waals surface area contributed by atoms with Gasteiger partial charge in [0.25, 0.3) is 5.91 Å². The van der Waals surface area contributed by atoms with Crippen LogP contribution >= 0.6 is 0 Å². The molecule has 0 radical (unpaired) electrons. The standard InChI is InChI=1S/C12H13NO2/c14-8-12(15)13-11-7-3-5-9-4-1-2-6-10(9)11/h1-2,4,6,8,11H,3,5,7H2,(H,13,15)/t11-/m0/s1. The Balaban J connectivity index is 2.22. The predicted octanol–water partition coefficient (Wildman–Crippen LogP) is 1.38. The molecule has 15 heavy (non-hydrogen) atoms. The van der Waals surface area contributed by atoms with Gasteiger partial charge in [0, 0.05) is 0 Å². The summed E-state index contributed by atoms with van der Waals surface area (Å²) in [5.41, 5.74) is 2.43. The van der Waals surface area contributed by atoms with Gasteiger partial charge in [0.1, 0.15) is 0 Å². The van der Waals surface area contributed by atoms with Crippen molar-refractivity contribution in [1.82, 2.24) is 5.32 Å². The van der Waals surface area contributed by atoms with E-state index in [0.29, 0.717) is 6.29 Å². The van der Waals surface area contributed by atoms with Crippen LogP contribution in [0.2, 0.25) is 0 Å². The number of aldehydes is 1. The first-order valence-electron chi connectivity index (χ1n) is 5.15. The van der Waals surface area contributed by atoms with Gasteiger partial charge < -0.3 is 5.32 Å². The van der Waals surface area contributed by atoms with E-state index in [2.05, 4.69) is 11.4 Å². The van der Waals surface area contributed by atoms with E-state index in [-0.39, 0.29) is 6.04 Å². The molecule has 1 aliphatic carbocycles. The Morgan fingerprint density at radius 2 is 2.20 bits per heavy atom. The molecule has 0 aromatic heterocycles. The lowest BCUT2D eigenvalue weighted by Crippen LogP contribution is -2.31. The Kier molecular flexibility index (Phi) is 2.81. The van der Waals surface area contributed by atoms with Crippen LogP contribution < -0.4 is 5.32 Å². The lowest BCUT2D eigenvalue weighted by molar-refractivity contribution is -0.131. The van der Waals surface area contributed by atoms with E-state index in [0.717, 1.165) is 24.8 Å². The molecule has 1 aromatic carbocycles. The van der Waals surface area contributed by atoms with E-state index < -0.39 is 5.91 Å². The molecule has 1 N–H and O–H groups in total. The van der Waals surface area contributed by atoms with Gasteiger partial charge in [-0.2, -0.15) is 0 Å². The van der Waals surface area contributed by atoms with Crippen molar-refractivity contribution in [3.05, 3.63) is 35.4 Å². The first-order chi connectivity index (χ1) is 7.31. The maximum Gasteiger partial charge on any atom is 0.284 e. The SMILES string of the molecule is O=CC(=O)N[C@H]1CCCc2ccccc21. The summed E-state index contributed by atoms with van der Waals surface area (Å²) >= 11 is 0. The van der Waals surface area contributed by atoms with Crippen molar-refractivity contribution < 1.29 is 9.59 Å². The molecule has 0 bridgehead atoms. The van der Waals surface area contributed by atoms with Crippen molar-refractivity contribution in [2.24, 2.45) is 0 Å². The first-order valence-corrected chi connectivity index (χ1v) is 5.15. The summed E-state index contributed by atoms with van der Waals surface area (Å²) in [6.45, 7) is 0. The van der Waals surface area contributed by atoms with Gasteiger partial charge in [0.2, 0.25) is 6.29 Å². The normalized spacial score (nSPS) is 19.1. The maximum absolute atomic E-state index is 11.0. The number of amides is 1. The molecule has 2 rings (SSSR count). The second-order valence-electron chi connectivity index (χ2n) is 3.77. The Morgan fingerprint density at radius 3 is 3.00 bits per heavy atom. The quantitative estimate of drug-likeness (QED) is 0.583. The van der Waals surface area contributed by atoms with Crippen LogP contribution in [-0.2, 0) is 16.0 Å². The summed E-state index contributed by atoms with van der Waals surface area (Å²) in [4.78, 5) is 21.3. The lowest BCUT2D eigenvalue weighted by atomic mass is 9.88. The molecule has 0 fully saturated rings. The molecule has 1 aliphatic rings. The van der Waals surface area contributed by atoms with Gasteiger partial charge >= 0.3 is 0 Å². The van der Waals surface area contributed by atoms with E-state index >= 15 is 0 Å². The van der Waals surface area contributed by atoms with Crippen LogP contribution in [-0.4, -0.2) is 12.2 Å². The molecule has 1 atom stereocenters. The van der Waals surface area contributed by atoms with E-state index in [9.17, 15) is 9.59 Å². The molecule has 0 aliphatic heterocycles. The molecular formula is C12H13NO2. The van der Waals surface area contributed by atoms with Gasteiger partial charge in [0.15, 0.2) is 0 Å². The minimum atomic E-state index is -0.531. The van der Waals surface area contributed by atoms with Crippen molar-refractivity contribution in [3.8, 4) is 0 Å². The second kappa shape index (κ2) is 4.26. The summed E-state index contributed by atoms with van der Waals surface area (Å²) in [7, 11) is 0. The van der Waals surface area contributed by atoms with Gasteiger partial charge in [-0.3, -0.25) is 9.59 Å². The number of carbonyl (C=O) groups is 2. The largest absolute Gasteiger partial charge is 0.343 e. The van der Waals surface area contributed by atoms with Crippen molar-refractivity contribution in [2.75, 3.05) is 0 Å². The number of carbonyl (C=O) groups excluding carboxylic acids is 2. The highest BCUT2D eigenvalue weighted by atomic mass is 16.2. The lowest BCUT2D eigenvalue weighted by Gasteiger charge is -2.25. The summed E-state index contributed by atoms with van der Waals surface area (Å²) < 4.78 is 0. The van der Waals surface area contributed by atoms with Crippen LogP contribution in [0.5, 0.6) is 0 Å². The Hall–Kier alpha value is -1.64. The summed E-state index contributed by atoms with van der Waals surface area (Å²) in [5, 5.41) is 2.72. The van der Waals surface area contributed by atoms with Crippen LogP contribution in [0.1, 0.15) is 30.0 Å². The third-order valence-electron chi connectivity index (χ3n) is 2.79. The number of benzene rings is 1. The predicted molar refractivity (Wildman–Crippen MR) is 56.3 cm³/mol. The molecule has 1 amide bonds. The van der Waals surface area contributed by atoms with Crippen LogP contribution in [0.4, 0.5) is 0 Å². The fraction of sp³-hybridized carbons (Fsp3) is 0.333. The molecule has 0 unspecified atom stereocenters. The molecule has 3 heteroatoms. The molecule has 1 aromatic rings. The monoisotopic (exact) mass is 203 g/mol. The average Bonchev–Trinajstić information content (AvgIpc) is 2.29. The molecule has 0 saturated heterocycles. The van der Waals surface area contributed by atoms with Gasteiger partial charge in [-0.05, 0) is 30.4 Å². The third kappa shape index (κ3) is 2.06. The highest BCUT2D eigenvalue weighted by Crippen LogP contribution is 2.29. The zero-order chi connectivity index (χ0) is 10.7. The number of hydrogen-bond acceptors (Lipinski definition) is 2. The fourth-order valence-corrected chi connectivity index (χ4v) is 2.11. The Morgan fingerprint density at radius 1 is 1.40 bits per heavy atom. The molecule has 0 saturated carbocycles. The fourth-order valence-electron chi connectivity index (χ4n) is 2.11. The minimum Gasteiger partial charge on any atom is -0.343 e. The number of rotatable bonds is 2. The topological polar surface area (TPSA) is 46.2 Å². The molecule has 3 nitrogen and oxygen atoms in total. The van der Waals surface area contributed by atoms with Crippen LogP contribution in [0.3, 0.4) is 0 Å². The summed E-state index contributed by atoms with van der Waals surface area (Å²) in [6, 6.07) is 8.07. The zero-order valence-corrected chi connectivity index (χ0v) is 8.40. The Bertz CT molecular complexity index is 387. The van der Waals surface area contributed by atoms with E-state index in [1.807, 2.05) is 18.2 Å². The molecule has 0 spiro atoms. The Labute approximate surface area is 88.5 Å². The van der Waals surface area contributed by atoms with Crippen molar-refractivity contribution in [1.29, 1.82) is 0 Å². The second-order valence-corrected chi connectivity index (χ2v) is 3.77. The van der Waals surface area contributed by atoms with E-state index in [4.69, 9.17) is 0 Å². The molecular weight excluding hydrogens is 190 g/mol. The van der Waals surface area contributed by atoms with E-state index in [1.165, 1.54) is 5.56 Å². The van der Waals surface area contributed by atoms with Crippen molar-refractivity contribution >= 4 is 12.2 Å². The number of hydrogen-bond donors (Lipinski definition) is 1. The zero-order valence-electron chi connectivity index (χ0n) is 8.40. The average molecular weight is 203 g/mol. The van der Waals surface area contributed by atoms with Crippen LogP contribution in [0, 0.1) is 0 Å². The molecule has 0 heterocycles. The number of fused-ring (bicyclic) bond motifs is 1. The van der Waals surface area contributed by atoms with E-state index in [1.54, 1.807) is 0 Å². The highest BCUT2D eigenvalue weighted by molar-refractivity contribution is 6.23. The smallest absolute Gasteiger partial charge is 0.284 e. The van der Waals surface area contributed by atoms with Crippen molar-refractivity contribution in [2.45, 2.75) is 25.3 Å². The number of nitrogens with one attached hydrogen (secondary N) is 1. The summed E-state index contributed by atoms with van der Waals surface area (Å²) in [5.74, 6) is -0.531. The van der Waals surface area contributed by atoms with Crippen molar-refractivity contribution in [3.63, 3.8) is 0 Å². The van der Waals surface area contributed by atoms with Gasteiger partial charge in [-0.1, -0.05) is 24.3 Å².